The van der Waals surface area contributed by atoms with E-state index in [9.17, 15) is 14.4 Å². The van der Waals surface area contributed by atoms with Crippen LogP contribution in [0.2, 0.25) is 0 Å². The number of nitrogens with one attached hydrogen (secondary N) is 3. The van der Waals surface area contributed by atoms with Gasteiger partial charge in [-0.25, -0.2) is 4.98 Å². The van der Waals surface area contributed by atoms with E-state index in [1.54, 1.807) is 67.0 Å². The Balaban J connectivity index is 1.16. The van der Waals surface area contributed by atoms with Crippen LogP contribution in [0.4, 0.5) is 10.8 Å². The fourth-order valence-electron chi connectivity index (χ4n) is 4.78. The number of aromatic nitrogens is 2. The molecule has 2 aromatic heterocycles. The van der Waals surface area contributed by atoms with Crippen LogP contribution in [0.15, 0.2) is 150 Å². The Labute approximate surface area is 292 Å². The minimum Gasteiger partial charge on any atom is -0.321 e. The third kappa shape index (κ3) is 8.95. The van der Waals surface area contributed by atoms with Crippen LogP contribution in [0.3, 0.4) is 0 Å². The Morgan fingerprint density at radius 3 is 2.20 bits per heavy atom. The largest absolute Gasteiger partial charge is 0.321 e. The number of hydrogen-bond acceptors (Lipinski definition) is 7. The summed E-state index contributed by atoms with van der Waals surface area (Å²) in [6, 6.07) is 37.1. The second kappa shape index (κ2) is 15.8. The molecule has 49 heavy (non-hydrogen) atoms. The van der Waals surface area contributed by atoms with Crippen LogP contribution >= 0.6 is 23.1 Å². The highest BCUT2D eigenvalue weighted by molar-refractivity contribution is 8.00. The first-order valence-electron chi connectivity index (χ1n) is 15.4. The third-order valence-electron chi connectivity index (χ3n) is 7.31. The minimum absolute atomic E-state index is 0.0637. The molecule has 8 nitrogen and oxygen atoms in total. The van der Waals surface area contributed by atoms with Crippen LogP contribution in [0, 0.1) is 6.92 Å². The van der Waals surface area contributed by atoms with E-state index in [1.165, 1.54) is 28.7 Å². The van der Waals surface area contributed by atoms with E-state index < -0.39 is 17.1 Å². The molecule has 0 aliphatic carbocycles. The number of benzene rings is 4. The summed E-state index contributed by atoms with van der Waals surface area (Å²) in [5.74, 6) is -1.10. The maximum Gasteiger partial charge on any atom is 0.272 e. The second-order valence-corrected chi connectivity index (χ2v) is 13.0. The van der Waals surface area contributed by atoms with Crippen molar-refractivity contribution in [3.63, 3.8) is 0 Å². The van der Waals surface area contributed by atoms with Crippen LogP contribution in [-0.4, -0.2) is 27.7 Å². The summed E-state index contributed by atoms with van der Waals surface area (Å²) in [4.78, 5) is 49.6. The minimum atomic E-state index is -0.560. The fourth-order valence-corrected chi connectivity index (χ4v) is 6.53. The Bertz CT molecular complexity index is 2070. The van der Waals surface area contributed by atoms with Gasteiger partial charge in [0.25, 0.3) is 11.8 Å². The smallest absolute Gasteiger partial charge is 0.272 e. The van der Waals surface area contributed by atoms with Crippen molar-refractivity contribution in [2.24, 2.45) is 0 Å². The second-order valence-electron chi connectivity index (χ2n) is 10.9. The van der Waals surface area contributed by atoms with Gasteiger partial charge >= 0.3 is 0 Å². The molecule has 3 N–H and O–H groups in total. The summed E-state index contributed by atoms with van der Waals surface area (Å²) in [6.07, 6.45) is 4.81. The van der Waals surface area contributed by atoms with E-state index in [1.807, 2.05) is 85.1 Å². The zero-order valence-electron chi connectivity index (χ0n) is 26.4. The van der Waals surface area contributed by atoms with E-state index in [0.717, 1.165) is 21.7 Å². The summed E-state index contributed by atoms with van der Waals surface area (Å²) in [5.41, 5.74) is 5.47. The number of nitrogens with zero attached hydrogens (tertiary/aromatic N) is 2. The molecule has 0 fully saturated rings. The van der Waals surface area contributed by atoms with Crippen molar-refractivity contribution in [1.82, 2.24) is 15.3 Å². The molecule has 0 aliphatic rings. The lowest BCUT2D eigenvalue weighted by Gasteiger charge is -2.17. The SMILES string of the molecule is Cc1ccc(-c2csc(NC(=O)C(Sc3ccc(NC(=O)/C(=C/c4cccnc4)NC(=O)c4ccccc4)cc3)c3ccccc3)n2)cc1. The highest BCUT2D eigenvalue weighted by atomic mass is 32.2. The molecular formula is C39H31N5O3S2. The summed E-state index contributed by atoms with van der Waals surface area (Å²) < 4.78 is 0. The van der Waals surface area contributed by atoms with Gasteiger partial charge in [0.2, 0.25) is 5.91 Å². The molecule has 1 unspecified atom stereocenters. The molecule has 10 heteroatoms. The first-order chi connectivity index (χ1) is 23.9. The van der Waals surface area contributed by atoms with Crippen LogP contribution in [-0.2, 0) is 9.59 Å². The maximum absolute atomic E-state index is 13.7. The lowest BCUT2D eigenvalue weighted by Crippen LogP contribution is -2.30. The number of thiazole rings is 1. The first-order valence-corrected chi connectivity index (χ1v) is 17.1. The number of aryl methyl sites for hydroxylation is 1. The van der Waals surface area contributed by atoms with Crippen molar-refractivity contribution in [2.75, 3.05) is 10.6 Å². The summed E-state index contributed by atoms with van der Waals surface area (Å²) in [5, 5.41) is 10.5. The molecule has 242 valence electrons. The number of thioether (sulfide) groups is 1. The third-order valence-corrected chi connectivity index (χ3v) is 9.34. The van der Waals surface area contributed by atoms with E-state index in [0.29, 0.717) is 21.9 Å². The Hall–Kier alpha value is -5.84. The highest BCUT2D eigenvalue weighted by Crippen LogP contribution is 2.37. The van der Waals surface area contributed by atoms with Crippen molar-refractivity contribution >= 4 is 57.7 Å². The molecule has 0 spiro atoms. The standard InChI is InChI=1S/C39H31N5O3S2/c1-26-14-16-28(17-15-26)34-25-48-39(43-34)44-38(47)35(29-10-4-2-5-11-29)49-32-20-18-31(19-21-32)41-37(46)33(23-27-9-8-22-40-24-27)42-36(45)30-12-6-3-7-13-30/h2-25,35H,1H3,(H,41,46)(H,42,45)(H,43,44,47)/b33-23-. The predicted molar refractivity (Wildman–Crippen MR) is 197 cm³/mol. The lowest BCUT2D eigenvalue weighted by molar-refractivity contribution is -0.116. The number of carbonyl (C=O) groups is 3. The molecule has 6 rings (SSSR count). The van der Waals surface area contributed by atoms with E-state index in [-0.39, 0.29) is 11.6 Å². The Morgan fingerprint density at radius 2 is 1.51 bits per heavy atom. The van der Waals surface area contributed by atoms with Crippen molar-refractivity contribution in [1.29, 1.82) is 0 Å². The summed E-state index contributed by atoms with van der Waals surface area (Å²) in [6.45, 7) is 2.04. The number of pyridine rings is 1. The van der Waals surface area contributed by atoms with Crippen molar-refractivity contribution in [3.8, 4) is 11.3 Å². The number of anilines is 2. The monoisotopic (exact) mass is 681 g/mol. The molecule has 0 saturated carbocycles. The van der Waals surface area contributed by atoms with Gasteiger partial charge in [0.05, 0.1) is 5.69 Å². The van der Waals surface area contributed by atoms with E-state index in [2.05, 4.69) is 25.9 Å². The van der Waals surface area contributed by atoms with E-state index in [4.69, 9.17) is 0 Å². The van der Waals surface area contributed by atoms with E-state index >= 15 is 0 Å². The first kappa shape index (κ1) is 33.1. The molecule has 4 aromatic carbocycles. The maximum atomic E-state index is 13.7. The van der Waals surface area contributed by atoms with Crippen molar-refractivity contribution < 1.29 is 14.4 Å². The zero-order chi connectivity index (χ0) is 34.0. The summed E-state index contributed by atoms with van der Waals surface area (Å²) in [7, 11) is 0. The fraction of sp³-hybridized carbons (Fsp3) is 0.0513. The van der Waals surface area contributed by atoms with Crippen LogP contribution in [0.5, 0.6) is 0 Å². The molecule has 0 aliphatic heterocycles. The Kier molecular flexibility index (Phi) is 10.7. The van der Waals surface area contributed by atoms with Crippen LogP contribution in [0.25, 0.3) is 17.3 Å². The van der Waals surface area contributed by atoms with Crippen LogP contribution < -0.4 is 16.0 Å². The molecule has 3 amide bonds. The van der Waals surface area contributed by atoms with Gasteiger partial charge in [-0.05, 0) is 66.6 Å². The molecule has 0 saturated heterocycles. The zero-order valence-corrected chi connectivity index (χ0v) is 28.0. The number of hydrogen-bond donors (Lipinski definition) is 3. The van der Waals surface area contributed by atoms with Gasteiger partial charge in [-0.3, -0.25) is 19.4 Å². The highest BCUT2D eigenvalue weighted by Gasteiger charge is 2.23. The molecule has 0 radical (unpaired) electrons. The van der Waals surface area contributed by atoms with Gasteiger partial charge in [-0.1, -0.05) is 84.4 Å². The predicted octanol–water partition coefficient (Wildman–Crippen LogP) is 8.40. The normalized spacial score (nSPS) is 11.7. The number of rotatable bonds is 11. The molecule has 2 heterocycles. The summed E-state index contributed by atoms with van der Waals surface area (Å²) >= 11 is 2.77. The topological polar surface area (TPSA) is 113 Å². The van der Waals surface area contributed by atoms with Gasteiger partial charge in [-0.15, -0.1) is 23.1 Å². The van der Waals surface area contributed by atoms with Gasteiger partial charge in [0.15, 0.2) is 5.13 Å². The number of amides is 3. The molecular weight excluding hydrogens is 651 g/mol. The molecule has 1 atom stereocenters. The lowest BCUT2D eigenvalue weighted by atomic mass is 10.1. The quantitative estimate of drug-likeness (QED) is 0.0935. The van der Waals surface area contributed by atoms with Gasteiger partial charge in [-0.2, -0.15) is 0 Å². The Morgan fingerprint density at radius 1 is 0.796 bits per heavy atom. The average Bonchev–Trinajstić information content (AvgIpc) is 3.60. The van der Waals surface area contributed by atoms with Crippen LogP contribution in [0.1, 0.15) is 32.3 Å². The average molecular weight is 682 g/mol. The van der Waals surface area contributed by atoms with Gasteiger partial charge in [0, 0.05) is 39.5 Å². The number of carbonyl (C=O) groups excluding carboxylic acids is 3. The molecule has 0 bridgehead atoms. The van der Waals surface area contributed by atoms with Gasteiger partial charge in [0.1, 0.15) is 10.9 Å². The van der Waals surface area contributed by atoms with Crippen molar-refractivity contribution in [3.05, 3.63) is 167 Å². The van der Waals surface area contributed by atoms with Gasteiger partial charge < -0.3 is 16.0 Å². The van der Waals surface area contributed by atoms with Crippen molar-refractivity contribution in [2.45, 2.75) is 17.1 Å². The molecule has 6 aromatic rings.